The summed E-state index contributed by atoms with van der Waals surface area (Å²) in [6, 6.07) is 6.46. The van der Waals surface area contributed by atoms with Crippen molar-refractivity contribution in [1.29, 1.82) is 0 Å². The first kappa shape index (κ1) is 33.1. The highest BCUT2D eigenvalue weighted by Gasteiger charge is 2.24. The molecule has 2 rings (SSSR count). The van der Waals surface area contributed by atoms with Crippen LogP contribution in [-0.2, 0) is 28.5 Å². The first-order valence-electron chi connectivity index (χ1n) is 12.2. The SMILES string of the molecule is C=C(C)C(=O)OCCOC(=O)c1ccc(C(=O)c2ccc(C(O)O)c(C(=O)OCCOC(=O)C(=C)C)c2)cc1C(=O)O. The predicted octanol–water partition coefficient (Wildman–Crippen LogP) is 2.15. The summed E-state index contributed by atoms with van der Waals surface area (Å²) in [7, 11) is 0. The number of carboxylic acid groups (broad SMARTS) is 1. The third-order valence-electron chi connectivity index (χ3n) is 5.34. The summed E-state index contributed by atoms with van der Waals surface area (Å²) in [5.74, 6) is -5.81. The van der Waals surface area contributed by atoms with Gasteiger partial charge in [-0.3, -0.25) is 4.79 Å². The van der Waals surface area contributed by atoms with E-state index in [-0.39, 0.29) is 65.4 Å². The molecule has 13 nitrogen and oxygen atoms in total. The number of hydrogen-bond donors (Lipinski definition) is 3. The summed E-state index contributed by atoms with van der Waals surface area (Å²) in [5, 5.41) is 28.9. The lowest BCUT2D eigenvalue weighted by molar-refractivity contribution is -0.140. The number of carboxylic acids is 1. The Labute approximate surface area is 239 Å². The van der Waals surface area contributed by atoms with Gasteiger partial charge in [-0.15, -0.1) is 0 Å². The van der Waals surface area contributed by atoms with Crippen LogP contribution in [0.3, 0.4) is 0 Å². The molecule has 0 aliphatic heterocycles. The van der Waals surface area contributed by atoms with Crippen molar-refractivity contribution in [3.63, 3.8) is 0 Å². The Bertz CT molecular complexity index is 1430. The minimum atomic E-state index is -2.11. The van der Waals surface area contributed by atoms with Crippen LogP contribution in [0.2, 0.25) is 0 Å². The van der Waals surface area contributed by atoms with Gasteiger partial charge >= 0.3 is 29.8 Å². The minimum absolute atomic E-state index is 0.135. The second-order valence-electron chi connectivity index (χ2n) is 8.67. The summed E-state index contributed by atoms with van der Waals surface area (Å²) < 4.78 is 19.6. The molecule has 0 fully saturated rings. The van der Waals surface area contributed by atoms with E-state index >= 15 is 0 Å². The van der Waals surface area contributed by atoms with Crippen molar-refractivity contribution >= 4 is 35.6 Å². The van der Waals surface area contributed by atoms with Gasteiger partial charge in [0, 0.05) is 27.8 Å². The van der Waals surface area contributed by atoms with E-state index < -0.39 is 47.5 Å². The highest BCUT2D eigenvalue weighted by molar-refractivity contribution is 6.12. The Morgan fingerprint density at radius 3 is 1.55 bits per heavy atom. The monoisotopic (exact) mass is 584 g/mol. The van der Waals surface area contributed by atoms with Crippen molar-refractivity contribution in [2.45, 2.75) is 20.1 Å². The second-order valence-corrected chi connectivity index (χ2v) is 8.67. The molecule has 0 aromatic heterocycles. The van der Waals surface area contributed by atoms with E-state index in [1.807, 2.05) is 0 Å². The Hall–Kier alpha value is -5.14. The summed E-state index contributed by atoms with van der Waals surface area (Å²) in [4.78, 5) is 72.9. The number of benzene rings is 2. The van der Waals surface area contributed by atoms with Gasteiger partial charge in [-0.1, -0.05) is 31.4 Å². The standard InChI is InChI=1S/C29H28O13/c1-15(2)26(35)39-9-11-41-28(37)20-8-6-17(13-21(20)25(33)34)23(30)18-5-7-19(24(31)32)22(14-18)29(38)42-12-10-40-27(36)16(3)4/h5-8,13-14,24,31-32H,1,3,9-12H2,2,4H3,(H,33,34). The third kappa shape index (κ3) is 8.94. The number of aromatic carboxylic acids is 1. The summed E-state index contributed by atoms with van der Waals surface area (Å²) in [6.45, 7) is 8.33. The number of esters is 4. The fourth-order valence-electron chi connectivity index (χ4n) is 3.25. The third-order valence-corrected chi connectivity index (χ3v) is 5.34. The van der Waals surface area contributed by atoms with Crippen LogP contribution in [-0.4, -0.2) is 77.4 Å². The van der Waals surface area contributed by atoms with Crippen LogP contribution in [0.15, 0.2) is 60.7 Å². The molecule has 0 amide bonds. The molecule has 0 radical (unpaired) electrons. The quantitative estimate of drug-likeness (QED) is 0.0729. The normalized spacial score (nSPS) is 10.4. The van der Waals surface area contributed by atoms with Crippen LogP contribution in [0.5, 0.6) is 0 Å². The zero-order valence-electron chi connectivity index (χ0n) is 22.7. The molecule has 13 heteroatoms. The van der Waals surface area contributed by atoms with Gasteiger partial charge in [0.2, 0.25) is 0 Å². The van der Waals surface area contributed by atoms with Crippen LogP contribution in [0.1, 0.15) is 72.7 Å². The molecule has 0 saturated heterocycles. The van der Waals surface area contributed by atoms with E-state index in [2.05, 4.69) is 13.2 Å². The Kier molecular flexibility index (Phi) is 11.8. The zero-order valence-corrected chi connectivity index (χ0v) is 22.7. The number of ether oxygens (including phenoxy) is 4. The van der Waals surface area contributed by atoms with E-state index in [9.17, 15) is 44.1 Å². The molecule has 222 valence electrons. The average Bonchev–Trinajstić information content (AvgIpc) is 2.95. The van der Waals surface area contributed by atoms with Crippen LogP contribution >= 0.6 is 0 Å². The van der Waals surface area contributed by atoms with Gasteiger partial charge in [0.25, 0.3) is 0 Å². The molecule has 2 aromatic carbocycles. The maximum absolute atomic E-state index is 13.2. The summed E-state index contributed by atoms with van der Waals surface area (Å²) >= 11 is 0. The number of ketones is 1. The van der Waals surface area contributed by atoms with E-state index in [1.165, 1.54) is 19.9 Å². The molecule has 3 N–H and O–H groups in total. The maximum atomic E-state index is 13.2. The minimum Gasteiger partial charge on any atom is -0.478 e. The molecule has 0 spiro atoms. The number of aliphatic hydroxyl groups excluding tert-OH is 1. The van der Waals surface area contributed by atoms with E-state index in [0.29, 0.717) is 0 Å². The molecule has 0 bridgehead atoms. The maximum Gasteiger partial charge on any atom is 0.339 e. The molecule has 0 heterocycles. The predicted molar refractivity (Wildman–Crippen MR) is 143 cm³/mol. The van der Waals surface area contributed by atoms with Crippen LogP contribution < -0.4 is 0 Å². The zero-order chi connectivity index (χ0) is 31.6. The summed E-state index contributed by atoms with van der Waals surface area (Å²) in [6.07, 6.45) is -2.11. The molecular weight excluding hydrogens is 556 g/mol. The van der Waals surface area contributed by atoms with Gasteiger partial charge in [0.15, 0.2) is 12.1 Å². The van der Waals surface area contributed by atoms with Gasteiger partial charge in [-0.25, -0.2) is 24.0 Å². The molecule has 0 atom stereocenters. The highest BCUT2D eigenvalue weighted by atomic mass is 16.6. The Balaban J connectivity index is 2.24. The average molecular weight is 585 g/mol. The lowest BCUT2D eigenvalue weighted by atomic mass is 9.95. The van der Waals surface area contributed by atoms with Crippen molar-refractivity contribution in [3.05, 3.63) is 94.1 Å². The van der Waals surface area contributed by atoms with Gasteiger partial charge in [0.1, 0.15) is 26.4 Å². The molecule has 2 aromatic rings. The van der Waals surface area contributed by atoms with Crippen molar-refractivity contribution in [3.8, 4) is 0 Å². The van der Waals surface area contributed by atoms with E-state index in [0.717, 1.165) is 30.3 Å². The fraction of sp³-hybridized carbons (Fsp3) is 0.241. The Morgan fingerprint density at radius 2 is 1.10 bits per heavy atom. The van der Waals surface area contributed by atoms with Crippen LogP contribution in [0.25, 0.3) is 0 Å². The number of aliphatic hydroxyl groups is 2. The van der Waals surface area contributed by atoms with Crippen molar-refractivity contribution < 1.29 is 63.0 Å². The summed E-state index contributed by atoms with van der Waals surface area (Å²) in [5.41, 5.74) is -1.65. The van der Waals surface area contributed by atoms with E-state index in [4.69, 9.17) is 18.9 Å². The lowest BCUT2D eigenvalue weighted by Gasteiger charge is -2.13. The van der Waals surface area contributed by atoms with Crippen molar-refractivity contribution in [2.75, 3.05) is 26.4 Å². The number of carbonyl (C=O) groups excluding carboxylic acids is 5. The second kappa shape index (κ2) is 15.0. The number of hydrogen-bond acceptors (Lipinski definition) is 12. The first-order valence-corrected chi connectivity index (χ1v) is 12.2. The first-order chi connectivity index (χ1) is 19.7. The smallest absolute Gasteiger partial charge is 0.339 e. The highest BCUT2D eigenvalue weighted by Crippen LogP contribution is 2.23. The number of rotatable bonds is 14. The molecule has 0 aliphatic rings. The molecule has 0 aliphatic carbocycles. The topological polar surface area (TPSA) is 200 Å². The van der Waals surface area contributed by atoms with Gasteiger partial charge in [-0.2, -0.15) is 0 Å². The van der Waals surface area contributed by atoms with Crippen molar-refractivity contribution in [2.24, 2.45) is 0 Å². The van der Waals surface area contributed by atoms with Gasteiger partial charge < -0.3 is 34.3 Å². The van der Waals surface area contributed by atoms with Gasteiger partial charge in [0.05, 0.1) is 16.7 Å². The van der Waals surface area contributed by atoms with Gasteiger partial charge in [-0.05, 0) is 32.0 Å². The number of carbonyl (C=O) groups is 6. The van der Waals surface area contributed by atoms with Crippen LogP contribution in [0.4, 0.5) is 0 Å². The molecule has 42 heavy (non-hydrogen) atoms. The largest absolute Gasteiger partial charge is 0.478 e. The van der Waals surface area contributed by atoms with Crippen LogP contribution in [0, 0.1) is 0 Å². The fourth-order valence-corrected chi connectivity index (χ4v) is 3.25. The van der Waals surface area contributed by atoms with E-state index in [1.54, 1.807) is 0 Å². The lowest BCUT2D eigenvalue weighted by Crippen LogP contribution is -2.18. The molecule has 0 unspecified atom stereocenters. The van der Waals surface area contributed by atoms with Crippen molar-refractivity contribution in [1.82, 2.24) is 0 Å². The Morgan fingerprint density at radius 1 is 0.667 bits per heavy atom. The molecule has 0 saturated carbocycles. The molecular formula is C29H28O13.